The molecule has 2 heterocycles. The highest BCUT2D eigenvalue weighted by Crippen LogP contribution is 2.40. The number of rotatable bonds is 8. The molecule has 2 aliphatic rings. The maximum atomic E-state index is 12.9. The van der Waals surface area contributed by atoms with Gasteiger partial charge in [-0.25, -0.2) is 4.79 Å². The second kappa shape index (κ2) is 11.8. The van der Waals surface area contributed by atoms with Crippen LogP contribution in [0.1, 0.15) is 41.1 Å². The molecule has 0 bridgehead atoms. The molecule has 1 atom stereocenters. The zero-order chi connectivity index (χ0) is 24.8. The van der Waals surface area contributed by atoms with Gasteiger partial charge in [0.15, 0.2) is 0 Å². The lowest BCUT2D eigenvalue weighted by molar-refractivity contribution is -0.120. The molecule has 1 aliphatic carbocycles. The van der Waals surface area contributed by atoms with Crippen LogP contribution < -0.4 is 10.6 Å². The molecule has 1 aromatic heterocycles. The summed E-state index contributed by atoms with van der Waals surface area (Å²) in [5.74, 6) is 0.0606. The Morgan fingerprint density at radius 1 is 1.00 bits per heavy atom. The molecule has 0 saturated carbocycles. The number of benzene rings is 1. The van der Waals surface area contributed by atoms with E-state index in [2.05, 4.69) is 27.4 Å². The molecule has 9 heteroatoms. The molecule has 188 valence electrons. The molecule has 1 aromatic carbocycles. The highest BCUT2D eigenvalue weighted by molar-refractivity contribution is 7.17. The fraction of sp³-hybridized carbons (Fsp3) is 0.500. The zero-order valence-corrected chi connectivity index (χ0v) is 21.3. The molecule has 1 unspecified atom stereocenters. The van der Waals surface area contributed by atoms with Crippen molar-refractivity contribution in [1.29, 1.82) is 0 Å². The van der Waals surface area contributed by atoms with Crippen LogP contribution in [-0.4, -0.2) is 73.5 Å². The minimum atomic E-state index is -0.350. The monoisotopic (exact) mass is 498 g/mol. The van der Waals surface area contributed by atoms with Crippen molar-refractivity contribution in [2.24, 2.45) is 5.92 Å². The number of anilines is 2. The minimum absolute atomic E-state index is 0.0372. The van der Waals surface area contributed by atoms with Crippen LogP contribution in [0.3, 0.4) is 0 Å². The summed E-state index contributed by atoms with van der Waals surface area (Å²) in [7, 11) is 0. The van der Waals surface area contributed by atoms with Gasteiger partial charge in [-0.15, -0.1) is 11.3 Å². The van der Waals surface area contributed by atoms with E-state index in [0.717, 1.165) is 43.6 Å². The molecule has 35 heavy (non-hydrogen) atoms. The van der Waals surface area contributed by atoms with Gasteiger partial charge in [0.2, 0.25) is 11.8 Å². The standard InChI is InChI=1S/C26H34N4O4S/c1-3-34-26(33)24-20-10-9-18(2)15-21(20)35-25(24)28-23(32)17-30-13-11-29(12-14-30)16-22(31)27-19-7-5-4-6-8-19/h4-8,18H,3,9-17H2,1-2H3,(H,27,31)(H,28,32). The lowest BCUT2D eigenvalue weighted by Crippen LogP contribution is -2.50. The quantitative estimate of drug-likeness (QED) is 0.543. The summed E-state index contributed by atoms with van der Waals surface area (Å²) in [6, 6.07) is 9.43. The number of hydrogen-bond acceptors (Lipinski definition) is 7. The van der Waals surface area contributed by atoms with Crippen molar-refractivity contribution in [3.63, 3.8) is 0 Å². The summed E-state index contributed by atoms with van der Waals surface area (Å²) in [6.07, 6.45) is 2.82. The topological polar surface area (TPSA) is 91.0 Å². The van der Waals surface area contributed by atoms with Gasteiger partial charge >= 0.3 is 5.97 Å². The molecule has 4 rings (SSSR count). The van der Waals surface area contributed by atoms with Crippen molar-refractivity contribution in [2.45, 2.75) is 33.1 Å². The fourth-order valence-electron chi connectivity index (χ4n) is 4.66. The van der Waals surface area contributed by atoms with Gasteiger partial charge in [-0.1, -0.05) is 25.1 Å². The van der Waals surface area contributed by atoms with Crippen LogP contribution >= 0.6 is 11.3 Å². The largest absolute Gasteiger partial charge is 0.462 e. The highest BCUT2D eigenvalue weighted by Gasteiger charge is 2.29. The molecule has 2 amide bonds. The third-order valence-corrected chi connectivity index (χ3v) is 7.67. The number of thiophene rings is 1. The van der Waals surface area contributed by atoms with Crippen molar-refractivity contribution in [2.75, 3.05) is 56.5 Å². The third kappa shape index (κ3) is 6.68. The number of amides is 2. The summed E-state index contributed by atoms with van der Waals surface area (Å²) < 4.78 is 5.30. The van der Waals surface area contributed by atoms with Crippen LogP contribution in [0.15, 0.2) is 30.3 Å². The molecule has 1 fully saturated rings. The fourth-order valence-corrected chi connectivity index (χ4v) is 6.07. The normalized spacial score (nSPS) is 18.5. The van der Waals surface area contributed by atoms with E-state index in [1.54, 1.807) is 6.92 Å². The van der Waals surface area contributed by atoms with Crippen LogP contribution in [-0.2, 0) is 27.2 Å². The maximum absolute atomic E-state index is 12.9. The molecule has 2 N–H and O–H groups in total. The number of para-hydroxylation sites is 1. The van der Waals surface area contributed by atoms with Crippen molar-refractivity contribution in [1.82, 2.24) is 9.80 Å². The van der Waals surface area contributed by atoms with E-state index in [1.165, 1.54) is 16.2 Å². The molecular weight excluding hydrogens is 464 g/mol. The van der Waals surface area contributed by atoms with Gasteiger partial charge < -0.3 is 15.4 Å². The molecule has 8 nitrogen and oxygen atoms in total. The van der Waals surface area contributed by atoms with Gasteiger partial charge in [-0.05, 0) is 49.8 Å². The van der Waals surface area contributed by atoms with Gasteiger partial charge in [-0.2, -0.15) is 0 Å². The highest BCUT2D eigenvalue weighted by atomic mass is 32.1. The first-order valence-electron chi connectivity index (χ1n) is 12.3. The summed E-state index contributed by atoms with van der Waals surface area (Å²) in [5, 5.41) is 6.53. The number of esters is 1. The van der Waals surface area contributed by atoms with Crippen LogP contribution in [0.5, 0.6) is 0 Å². The van der Waals surface area contributed by atoms with Crippen LogP contribution in [0.2, 0.25) is 0 Å². The number of piperazine rings is 1. The molecule has 0 spiro atoms. The summed E-state index contributed by atoms with van der Waals surface area (Å²) in [6.45, 7) is 7.75. The van der Waals surface area contributed by atoms with E-state index >= 15 is 0 Å². The Kier molecular flexibility index (Phi) is 8.54. The van der Waals surface area contributed by atoms with Crippen LogP contribution in [0, 0.1) is 5.92 Å². The summed E-state index contributed by atoms with van der Waals surface area (Å²) in [4.78, 5) is 43.2. The maximum Gasteiger partial charge on any atom is 0.341 e. The summed E-state index contributed by atoms with van der Waals surface area (Å²) in [5.41, 5.74) is 2.38. The molecule has 2 aromatic rings. The molecule has 0 radical (unpaired) electrons. The number of carbonyl (C=O) groups excluding carboxylic acids is 3. The third-order valence-electron chi connectivity index (χ3n) is 6.50. The van der Waals surface area contributed by atoms with Crippen LogP contribution in [0.4, 0.5) is 10.7 Å². The average Bonchev–Trinajstić information content (AvgIpc) is 3.17. The molecule has 1 aliphatic heterocycles. The Morgan fingerprint density at radius 2 is 1.63 bits per heavy atom. The smallest absolute Gasteiger partial charge is 0.341 e. The van der Waals surface area contributed by atoms with E-state index in [9.17, 15) is 14.4 Å². The van der Waals surface area contributed by atoms with E-state index in [4.69, 9.17) is 4.74 Å². The molecule has 1 saturated heterocycles. The Labute approximate surface area is 210 Å². The second-order valence-electron chi connectivity index (χ2n) is 9.29. The Hall–Kier alpha value is -2.75. The van der Waals surface area contributed by atoms with Gasteiger partial charge in [0.25, 0.3) is 0 Å². The van der Waals surface area contributed by atoms with E-state index < -0.39 is 0 Å². The predicted molar refractivity (Wildman–Crippen MR) is 138 cm³/mol. The Bertz CT molecular complexity index is 1050. The predicted octanol–water partition coefficient (Wildman–Crippen LogP) is 3.24. The van der Waals surface area contributed by atoms with Crippen molar-refractivity contribution in [3.05, 3.63) is 46.3 Å². The zero-order valence-electron chi connectivity index (χ0n) is 20.5. The number of fused-ring (bicyclic) bond motifs is 1. The van der Waals surface area contributed by atoms with Gasteiger partial charge in [0, 0.05) is 36.7 Å². The van der Waals surface area contributed by atoms with Gasteiger partial charge in [0.05, 0.1) is 25.3 Å². The van der Waals surface area contributed by atoms with Crippen molar-refractivity contribution in [3.8, 4) is 0 Å². The van der Waals surface area contributed by atoms with Gasteiger partial charge in [0.1, 0.15) is 5.00 Å². The Morgan fingerprint density at radius 3 is 2.26 bits per heavy atom. The Balaban J connectivity index is 1.29. The first kappa shape index (κ1) is 25.3. The summed E-state index contributed by atoms with van der Waals surface area (Å²) >= 11 is 1.51. The number of ether oxygens (including phenoxy) is 1. The van der Waals surface area contributed by atoms with E-state index in [0.29, 0.717) is 42.7 Å². The second-order valence-corrected chi connectivity index (χ2v) is 10.4. The van der Waals surface area contributed by atoms with E-state index in [1.807, 2.05) is 30.3 Å². The number of carbonyl (C=O) groups is 3. The SMILES string of the molecule is CCOC(=O)c1c(NC(=O)CN2CCN(CC(=O)Nc3ccccc3)CC2)sc2c1CCC(C)C2. The first-order valence-corrected chi connectivity index (χ1v) is 13.2. The van der Waals surface area contributed by atoms with Crippen molar-refractivity contribution < 1.29 is 19.1 Å². The lowest BCUT2D eigenvalue weighted by Gasteiger charge is -2.33. The van der Waals surface area contributed by atoms with Crippen LogP contribution in [0.25, 0.3) is 0 Å². The number of nitrogens with one attached hydrogen (secondary N) is 2. The number of hydrogen-bond donors (Lipinski definition) is 2. The van der Waals surface area contributed by atoms with Gasteiger partial charge in [-0.3, -0.25) is 19.4 Å². The molecular formula is C26H34N4O4S. The van der Waals surface area contributed by atoms with Crippen molar-refractivity contribution >= 4 is 39.8 Å². The van der Waals surface area contributed by atoms with E-state index in [-0.39, 0.29) is 24.3 Å². The minimum Gasteiger partial charge on any atom is -0.462 e. The number of nitrogens with zero attached hydrogens (tertiary/aromatic N) is 2. The lowest BCUT2D eigenvalue weighted by atomic mass is 9.88. The first-order chi connectivity index (χ1) is 16.9. The average molecular weight is 499 g/mol.